The molecule has 0 radical (unpaired) electrons. The van der Waals surface area contributed by atoms with Crippen LogP contribution in [0.3, 0.4) is 0 Å². The summed E-state index contributed by atoms with van der Waals surface area (Å²) >= 11 is 1.37. The van der Waals surface area contributed by atoms with E-state index >= 15 is 0 Å². The zero-order chi connectivity index (χ0) is 15.7. The maximum absolute atomic E-state index is 12.2. The molecule has 114 valence electrons. The number of halogens is 3. The van der Waals surface area contributed by atoms with Gasteiger partial charge in [-0.15, -0.1) is 24.5 Å². The van der Waals surface area contributed by atoms with Gasteiger partial charge < -0.3 is 10.1 Å². The fraction of sp³-hybridized carbons (Fsp3) is 0.0769. The molecule has 0 fully saturated rings. The van der Waals surface area contributed by atoms with Gasteiger partial charge in [0.15, 0.2) is 4.96 Å². The average molecular weight is 327 g/mol. The summed E-state index contributed by atoms with van der Waals surface area (Å²) in [6, 6.07) is 5.04. The highest BCUT2D eigenvalue weighted by molar-refractivity contribution is 7.15. The third-order valence-electron chi connectivity index (χ3n) is 2.65. The second kappa shape index (κ2) is 5.34. The fourth-order valence-electron chi connectivity index (χ4n) is 1.80. The number of carbonyl (C=O) groups is 1. The van der Waals surface area contributed by atoms with E-state index in [2.05, 4.69) is 15.0 Å². The van der Waals surface area contributed by atoms with Crippen molar-refractivity contribution in [2.75, 3.05) is 5.32 Å². The molecule has 0 saturated carbocycles. The molecule has 2 heterocycles. The van der Waals surface area contributed by atoms with Crippen LogP contribution in [-0.4, -0.2) is 21.7 Å². The van der Waals surface area contributed by atoms with E-state index in [-0.39, 0.29) is 11.4 Å². The number of anilines is 1. The number of hydrogen-bond acceptors (Lipinski definition) is 4. The normalized spacial score (nSPS) is 11.6. The van der Waals surface area contributed by atoms with Gasteiger partial charge in [0.05, 0.1) is 0 Å². The van der Waals surface area contributed by atoms with Gasteiger partial charge in [-0.05, 0) is 12.1 Å². The van der Waals surface area contributed by atoms with Crippen LogP contribution in [0, 0.1) is 0 Å². The lowest BCUT2D eigenvalue weighted by molar-refractivity contribution is -0.274. The molecule has 0 unspecified atom stereocenters. The summed E-state index contributed by atoms with van der Waals surface area (Å²) in [5.74, 6) is -0.920. The van der Waals surface area contributed by atoms with Gasteiger partial charge in [-0.2, -0.15) is 0 Å². The van der Waals surface area contributed by atoms with Crippen LogP contribution in [0.2, 0.25) is 0 Å². The highest BCUT2D eigenvalue weighted by Crippen LogP contribution is 2.25. The number of imidazole rings is 1. The zero-order valence-electron chi connectivity index (χ0n) is 10.8. The van der Waals surface area contributed by atoms with Crippen LogP contribution in [0.15, 0.2) is 42.0 Å². The largest absolute Gasteiger partial charge is 0.573 e. The Kier molecular flexibility index (Phi) is 3.49. The molecule has 2 aromatic heterocycles. The Balaban J connectivity index is 1.76. The number of thiazole rings is 1. The standard InChI is InChI=1S/C13H8F3N3O2S/c14-13(15,16)21-9-3-1-2-8(6-9)17-11(20)10-7-19-4-5-22-12(19)18-10/h1-7H,(H,17,20). The van der Waals surface area contributed by atoms with Gasteiger partial charge in [-0.25, -0.2) is 4.98 Å². The summed E-state index contributed by atoms with van der Waals surface area (Å²) < 4.78 is 42.0. The number of rotatable bonds is 3. The first-order chi connectivity index (χ1) is 10.4. The highest BCUT2D eigenvalue weighted by Gasteiger charge is 2.31. The Hall–Kier alpha value is -2.55. The summed E-state index contributed by atoms with van der Waals surface area (Å²) in [7, 11) is 0. The van der Waals surface area contributed by atoms with E-state index in [1.54, 1.807) is 10.6 Å². The smallest absolute Gasteiger partial charge is 0.406 e. The van der Waals surface area contributed by atoms with Gasteiger partial charge in [0.25, 0.3) is 5.91 Å². The molecule has 0 spiro atoms. The molecule has 0 atom stereocenters. The first-order valence-electron chi connectivity index (χ1n) is 6.00. The van der Waals surface area contributed by atoms with Gasteiger partial charge in [0.1, 0.15) is 11.4 Å². The van der Waals surface area contributed by atoms with E-state index in [1.165, 1.54) is 29.7 Å². The van der Waals surface area contributed by atoms with Crippen LogP contribution in [0.1, 0.15) is 10.5 Å². The lowest BCUT2D eigenvalue weighted by Crippen LogP contribution is -2.17. The van der Waals surface area contributed by atoms with Gasteiger partial charge in [-0.1, -0.05) is 6.07 Å². The molecule has 0 aliphatic rings. The van der Waals surface area contributed by atoms with E-state index in [1.807, 2.05) is 5.38 Å². The number of ether oxygens (including phenoxy) is 1. The van der Waals surface area contributed by atoms with Crippen molar-refractivity contribution < 1.29 is 22.7 Å². The van der Waals surface area contributed by atoms with Crippen molar-refractivity contribution in [3.05, 3.63) is 47.7 Å². The maximum atomic E-state index is 12.2. The number of fused-ring (bicyclic) bond motifs is 1. The Morgan fingerprint density at radius 3 is 2.91 bits per heavy atom. The van der Waals surface area contributed by atoms with Crippen molar-refractivity contribution in [2.24, 2.45) is 0 Å². The SMILES string of the molecule is O=C(Nc1cccc(OC(F)(F)F)c1)c1cn2ccsc2n1. The third-order valence-corrected chi connectivity index (χ3v) is 3.42. The van der Waals surface area contributed by atoms with E-state index < -0.39 is 18.0 Å². The molecule has 0 bridgehead atoms. The van der Waals surface area contributed by atoms with Crippen molar-refractivity contribution >= 4 is 27.9 Å². The lowest BCUT2D eigenvalue weighted by atomic mass is 10.3. The summed E-state index contributed by atoms with van der Waals surface area (Å²) in [6.45, 7) is 0. The molecule has 3 rings (SSSR count). The Morgan fingerprint density at radius 2 is 2.18 bits per heavy atom. The van der Waals surface area contributed by atoms with Crippen molar-refractivity contribution in [3.8, 4) is 5.75 Å². The quantitative estimate of drug-likeness (QED) is 0.800. The molecule has 1 amide bonds. The minimum Gasteiger partial charge on any atom is -0.406 e. The summed E-state index contributed by atoms with van der Waals surface area (Å²) in [4.78, 5) is 16.8. The topological polar surface area (TPSA) is 55.6 Å². The summed E-state index contributed by atoms with van der Waals surface area (Å²) in [5.41, 5.74) is 0.358. The average Bonchev–Trinajstić information content (AvgIpc) is 2.97. The van der Waals surface area contributed by atoms with E-state index in [0.29, 0.717) is 4.96 Å². The number of amides is 1. The third kappa shape index (κ3) is 3.19. The molecule has 9 heteroatoms. The fourth-order valence-corrected chi connectivity index (χ4v) is 2.50. The number of hydrogen-bond donors (Lipinski definition) is 1. The van der Waals surface area contributed by atoms with Crippen molar-refractivity contribution in [2.45, 2.75) is 6.36 Å². The van der Waals surface area contributed by atoms with Crippen molar-refractivity contribution in [1.29, 1.82) is 0 Å². The van der Waals surface area contributed by atoms with Gasteiger partial charge in [0.2, 0.25) is 0 Å². The van der Waals surface area contributed by atoms with Gasteiger partial charge >= 0.3 is 6.36 Å². The number of alkyl halides is 3. The Bertz CT molecular complexity index is 797. The molecular formula is C13H8F3N3O2S. The first kappa shape index (κ1) is 14.4. The number of benzene rings is 1. The number of aromatic nitrogens is 2. The monoisotopic (exact) mass is 327 g/mol. The second-order valence-corrected chi connectivity index (χ2v) is 5.12. The maximum Gasteiger partial charge on any atom is 0.573 e. The Morgan fingerprint density at radius 1 is 1.36 bits per heavy atom. The predicted molar refractivity (Wildman–Crippen MR) is 74.1 cm³/mol. The lowest BCUT2D eigenvalue weighted by Gasteiger charge is -2.10. The van der Waals surface area contributed by atoms with Crippen LogP contribution in [-0.2, 0) is 0 Å². The van der Waals surface area contributed by atoms with Crippen LogP contribution < -0.4 is 10.1 Å². The molecule has 5 nitrogen and oxygen atoms in total. The van der Waals surface area contributed by atoms with Crippen LogP contribution in [0.4, 0.5) is 18.9 Å². The van der Waals surface area contributed by atoms with E-state index in [4.69, 9.17) is 0 Å². The Labute approximate surface area is 126 Å². The van der Waals surface area contributed by atoms with E-state index in [0.717, 1.165) is 12.1 Å². The minimum absolute atomic E-state index is 0.175. The second-order valence-electron chi connectivity index (χ2n) is 4.25. The molecule has 1 N–H and O–H groups in total. The predicted octanol–water partition coefficient (Wildman–Crippen LogP) is 3.55. The molecule has 0 saturated heterocycles. The molecular weight excluding hydrogens is 319 g/mol. The molecule has 0 aliphatic carbocycles. The minimum atomic E-state index is -4.78. The number of nitrogens with one attached hydrogen (secondary N) is 1. The van der Waals surface area contributed by atoms with Crippen molar-refractivity contribution in [3.63, 3.8) is 0 Å². The van der Waals surface area contributed by atoms with Gasteiger partial charge in [-0.3, -0.25) is 9.20 Å². The molecule has 3 aromatic rings. The highest BCUT2D eigenvalue weighted by atomic mass is 32.1. The first-order valence-corrected chi connectivity index (χ1v) is 6.88. The summed E-state index contributed by atoms with van der Waals surface area (Å²) in [5, 5.41) is 4.30. The van der Waals surface area contributed by atoms with Crippen LogP contribution in [0.5, 0.6) is 5.75 Å². The summed E-state index contributed by atoms with van der Waals surface area (Å²) in [6.07, 6.45) is -1.49. The molecule has 0 aliphatic heterocycles. The van der Waals surface area contributed by atoms with Crippen molar-refractivity contribution in [1.82, 2.24) is 9.38 Å². The molecule has 22 heavy (non-hydrogen) atoms. The zero-order valence-corrected chi connectivity index (χ0v) is 11.6. The van der Waals surface area contributed by atoms with E-state index in [9.17, 15) is 18.0 Å². The molecule has 1 aromatic carbocycles. The number of carbonyl (C=O) groups excluding carboxylic acids is 1. The van der Waals surface area contributed by atoms with Gasteiger partial charge in [0, 0.05) is 29.5 Å². The number of nitrogens with zero attached hydrogens (tertiary/aromatic N) is 2. The van der Waals surface area contributed by atoms with Crippen LogP contribution in [0.25, 0.3) is 4.96 Å². The van der Waals surface area contributed by atoms with Crippen LogP contribution >= 0.6 is 11.3 Å².